The highest BCUT2D eigenvalue weighted by Crippen LogP contribution is 2.17. The molecule has 3 nitrogen and oxygen atoms in total. The summed E-state index contributed by atoms with van der Waals surface area (Å²) < 4.78 is 0. The molecule has 0 spiro atoms. The first kappa shape index (κ1) is 15.0. The van der Waals surface area contributed by atoms with Crippen LogP contribution in [0.2, 0.25) is 5.02 Å². The van der Waals surface area contributed by atoms with Crippen LogP contribution in [0, 0.1) is 12.8 Å². The van der Waals surface area contributed by atoms with Gasteiger partial charge in [-0.25, -0.2) is 0 Å². The monoisotopic (exact) mass is 269 g/mol. The van der Waals surface area contributed by atoms with Gasteiger partial charge in [0.05, 0.1) is 12.6 Å². The van der Waals surface area contributed by atoms with E-state index in [1.165, 1.54) is 0 Å². The molecular weight excluding hydrogens is 250 g/mol. The molecule has 1 aromatic rings. The highest BCUT2D eigenvalue weighted by molar-refractivity contribution is 6.31. The molecule has 1 aromatic carbocycles. The van der Waals surface area contributed by atoms with E-state index in [0.717, 1.165) is 12.0 Å². The van der Waals surface area contributed by atoms with Gasteiger partial charge in [0.25, 0.3) is 5.91 Å². The normalized spacial score (nSPS) is 12.6. The Morgan fingerprint density at radius 2 is 2.11 bits per heavy atom. The SMILES string of the molecule is Cc1ccc(C(=O)N[C@@H](CO)CC(C)C)cc1Cl. The van der Waals surface area contributed by atoms with E-state index in [9.17, 15) is 9.90 Å². The Morgan fingerprint density at radius 3 is 2.61 bits per heavy atom. The summed E-state index contributed by atoms with van der Waals surface area (Å²) in [4.78, 5) is 12.0. The molecule has 0 saturated heterocycles. The first-order valence-electron chi connectivity index (χ1n) is 6.12. The van der Waals surface area contributed by atoms with E-state index in [0.29, 0.717) is 16.5 Å². The summed E-state index contributed by atoms with van der Waals surface area (Å²) in [5.74, 6) is 0.223. The van der Waals surface area contributed by atoms with E-state index in [-0.39, 0.29) is 18.6 Å². The largest absolute Gasteiger partial charge is 0.394 e. The Balaban J connectivity index is 2.71. The van der Waals surface area contributed by atoms with Crippen LogP contribution in [0.3, 0.4) is 0 Å². The number of rotatable bonds is 5. The van der Waals surface area contributed by atoms with Gasteiger partial charge >= 0.3 is 0 Å². The number of aliphatic hydroxyl groups excluding tert-OH is 1. The van der Waals surface area contributed by atoms with Crippen molar-refractivity contribution < 1.29 is 9.90 Å². The third kappa shape index (κ3) is 4.31. The summed E-state index contributed by atoms with van der Waals surface area (Å²) in [6.45, 7) is 5.94. The molecule has 1 amide bonds. The lowest BCUT2D eigenvalue weighted by Crippen LogP contribution is -2.38. The fraction of sp³-hybridized carbons (Fsp3) is 0.500. The standard InChI is InChI=1S/C14H20ClNO2/c1-9(2)6-12(8-17)16-14(18)11-5-4-10(3)13(15)7-11/h4-5,7,9,12,17H,6,8H2,1-3H3,(H,16,18)/t12-/m1/s1. The lowest BCUT2D eigenvalue weighted by molar-refractivity contribution is 0.0908. The Kier molecular flexibility index (Phi) is 5.63. The number of halogens is 1. The molecule has 0 fully saturated rings. The van der Waals surface area contributed by atoms with Gasteiger partial charge < -0.3 is 10.4 Å². The quantitative estimate of drug-likeness (QED) is 0.864. The number of aliphatic hydroxyl groups is 1. The number of nitrogens with one attached hydrogen (secondary N) is 1. The number of benzene rings is 1. The van der Waals surface area contributed by atoms with Gasteiger partial charge in [-0.2, -0.15) is 0 Å². The molecule has 0 saturated carbocycles. The minimum Gasteiger partial charge on any atom is -0.394 e. The zero-order chi connectivity index (χ0) is 13.7. The van der Waals surface area contributed by atoms with Gasteiger partial charge in [-0.05, 0) is 37.0 Å². The van der Waals surface area contributed by atoms with Crippen molar-refractivity contribution in [2.45, 2.75) is 33.2 Å². The second-order valence-electron chi connectivity index (χ2n) is 4.95. The van der Waals surface area contributed by atoms with Crippen LogP contribution in [-0.2, 0) is 0 Å². The lowest BCUT2D eigenvalue weighted by Gasteiger charge is -2.18. The number of aryl methyl sites for hydroxylation is 1. The van der Waals surface area contributed by atoms with Gasteiger partial charge in [0, 0.05) is 10.6 Å². The molecule has 1 atom stereocenters. The summed E-state index contributed by atoms with van der Waals surface area (Å²) in [5, 5.41) is 12.6. The van der Waals surface area contributed by atoms with Crippen LogP contribution in [0.25, 0.3) is 0 Å². The molecule has 1 rings (SSSR count). The average Bonchev–Trinajstić information content (AvgIpc) is 2.31. The maximum Gasteiger partial charge on any atom is 0.251 e. The molecule has 0 bridgehead atoms. The molecule has 0 aromatic heterocycles. The minimum absolute atomic E-state index is 0.0521. The van der Waals surface area contributed by atoms with E-state index in [1.54, 1.807) is 12.1 Å². The molecule has 0 aliphatic heterocycles. The minimum atomic E-state index is -0.211. The number of carbonyl (C=O) groups is 1. The van der Waals surface area contributed by atoms with Crippen molar-refractivity contribution in [3.05, 3.63) is 34.3 Å². The summed E-state index contributed by atoms with van der Waals surface area (Å²) in [6.07, 6.45) is 0.752. The highest BCUT2D eigenvalue weighted by atomic mass is 35.5. The maximum absolute atomic E-state index is 12.0. The van der Waals surface area contributed by atoms with E-state index in [2.05, 4.69) is 19.2 Å². The molecule has 2 N–H and O–H groups in total. The average molecular weight is 270 g/mol. The molecule has 100 valence electrons. The van der Waals surface area contributed by atoms with Crippen LogP contribution in [-0.4, -0.2) is 23.7 Å². The van der Waals surface area contributed by atoms with Gasteiger partial charge in [0.1, 0.15) is 0 Å². The predicted molar refractivity (Wildman–Crippen MR) is 74.0 cm³/mol. The summed E-state index contributed by atoms with van der Waals surface area (Å²) in [6, 6.07) is 4.99. The molecule has 4 heteroatoms. The van der Waals surface area contributed by atoms with Crippen LogP contribution >= 0.6 is 11.6 Å². The van der Waals surface area contributed by atoms with Gasteiger partial charge in [-0.3, -0.25) is 4.79 Å². The van der Waals surface area contributed by atoms with E-state index in [1.807, 2.05) is 13.0 Å². The van der Waals surface area contributed by atoms with E-state index in [4.69, 9.17) is 11.6 Å². The van der Waals surface area contributed by atoms with Gasteiger partial charge in [-0.1, -0.05) is 31.5 Å². The van der Waals surface area contributed by atoms with Gasteiger partial charge in [0.15, 0.2) is 0 Å². The maximum atomic E-state index is 12.0. The molecule has 0 aliphatic carbocycles. The number of hydrogen-bond donors (Lipinski definition) is 2. The van der Waals surface area contributed by atoms with Crippen molar-refractivity contribution in [1.29, 1.82) is 0 Å². The number of hydrogen-bond acceptors (Lipinski definition) is 2. The molecule has 18 heavy (non-hydrogen) atoms. The summed E-state index contributed by atoms with van der Waals surface area (Å²) >= 11 is 5.98. The van der Waals surface area contributed by atoms with Crippen molar-refractivity contribution in [2.24, 2.45) is 5.92 Å². The molecule has 0 heterocycles. The van der Waals surface area contributed by atoms with Crippen LogP contribution in [0.1, 0.15) is 36.2 Å². The third-order valence-corrected chi connectivity index (χ3v) is 3.15. The first-order valence-corrected chi connectivity index (χ1v) is 6.49. The second-order valence-corrected chi connectivity index (χ2v) is 5.35. The van der Waals surface area contributed by atoms with Crippen LogP contribution < -0.4 is 5.32 Å². The highest BCUT2D eigenvalue weighted by Gasteiger charge is 2.14. The Morgan fingerprint density at radius 1 is 1.44 bits per heavy atom. The topological polar surface area (TPSA) is 49.3 Å². The van der Waals surface area contributed by atoms with E-state index >= 15 is 0 Å². The number of amides is 1. The summed E-state index contributed by atoms with van der Waals surface area (Å²) in [7, 11) is 0. The van der Waals surface area contributed by atoms with Crippen LogP contribution in [0.5, 0.6) is 0 Å². The van der Waals surface area contributed by atoms with Crippen LogP contribution in [0.15, 0.2) is 18.2 Å². The molecule has 0 aliphatic rings. The zero-order valence-corrected chi connectivity index (χ0v) is 11.8. The fourth-order valence-corrected chi connectivity index (χ4v) is 1.93. The van der Waals surface area contributed by atoms with Crippen LogP contribution in [0.4, 0.5) is 0 Å². The van der Waals surface area contributed by atoms with Crippen molar-refractivity contribution in [3.8, 4) is 0 Å². The molecule has 0 radical (unpaired) electrons. The van der Waals surface area contributed by atoms with Gasteiger partial charge in [-0.15, -0.1) is 0 Å². The second kappa shape index (κ2) is 6.76. The van der Waals surface area contributed by atoms with Crippen molar-refractivity contribution in [2.75, 3.05) is 6.61 Å². The lowest BCUT2D eigenvalue weighted by atomic mass is 10.0. The Labute approximate surface area is 113 Å². The first-order chi connectivity index (χ1) is 8.43. The third-order valence-electron chi connectivity index (χ3n) is 2.75. The number of carbonyl (C=O) groups excluding carboxylic acids is 1. The van der Waals surface area contributed by atoms with Crippen molar-refractivity contribution in [3.63, 3.8) is 0 Å². The van der Waals surface area contributed by atoms with Crippen molar-refractivity contribution >= 4 is 17.5 Å². The van der Waals surface area contributed by atoms with Crippen molar-refractivity contribution in [1.82, 2.24) is 5.32 Å². The zero-order valence-electron chi connectivity index (χ0n) is 11.0. The smallest absolute Gasteiger partial charge is 0.251 e. The van der Waals surface area contributed by atoms with Gasteiger partial charge in [0.2, 0.25) is 0 Å². The predicted octanol–water partition coefficient (Wildman–Crippen LogP) is 2.79. The molecule has 0 unspecified atom stereocenters. The summed E-state index contributed by atoms with van der Waals surface area (Å²) in [5.41, 5.74) is 1.46. The molecular formula is C14H20ClNO2. The fourth-order valence-electron chi connectivity index (χ4n) is 1.75. The Hall–Kier alpha value is -1.06. The van der Waals surface area contributed by atoms with E-state index < -0.39 is 0 Å². The Bertz CT molecular complexity index is 418.